The molecule has 0 bridgehead atoms. The van der Waals surface area contributed by atoms with Crippen LogP contribution in [0, 0.1) is 6.92 Å². The van der Waals surface area contributed by atoms with E-state index < -0.39 is 23.7 Å². The van der Waals surface area contributed by atoms with E-state index in [1.165, 1.54) is 4.68 Å². The number of carbonyl (C=O) groups excluding carboxylic acids is 1. The van der Waals surface area contributed by atoms with Crippen LogP contribution in [0.1, 0.15) is 32.0 Å². The lowest BCUT2D eigenvalue weighted by Crippen LogP contribution is -2.45. The third-order valence-corrected chi connectivity index (χ3v) is 4.07. The van der Waals surface area contributed by atoms with Gasteiger partial charge in [-0.3, -0.25) is 9.48 Å². The maximum atomic E-state index is 12.9. The average Bonchev–Trinajstić information content (AvgIpc) is 2.76. The molecule has 0 aliphatic carbocycles. The van der Waals surface area contributed by atoms with Crippen LogP contribution < -0.4 is 10.9 Å². The van der Waals surface area contributed by atoms with Gasteiger partial charge in [0.15, 0.2) is 0 Å². The number of hydrogen-bond donors (Lipinski definition) is 2. The van der Waals surface area contributed by atoms with Crippen molar-refractivity contribution in [3.8, 4) is 5.69 Å². The second-order valence-electron chi connectivity index (χ2n) is 7.28. The van der Waals surface area contributed by atoms with Crippen molar-refractivity contribution in [2.24, 2.45) is 7.05 Å². The van der Waals surface area contributed by atoms with Gasteiger partial charge in [-0.25, -0.2) is 14.3 Å². The smallest absolute Gasteiger partial charge is 0.408 e. The molecule has 27 heavy (non-hydrogen) atoms. The monoisotopic (exact) mass is 375 g/mol. The first-order valence-electron chi connectivity index (χ1n) is 8.56. The summed E-state index contributed by atoms with van der Waals surface area (Å²) in [5.41, 5.74) is 0.547. The van der Waals surface area contributed by atoms with Crippen LogP contribution in [0.15, 0.2) is 35.1 Å². The molecule has 0 saturated carbocycles. The highest BCUT2D eigenvalue weighted by Gasteiger charge is 2.27. The molecular formula is C19H25N3O5. The third-order valence-electron chi connectivity index (χ3n) is 4.07. The van der Waals surface area contributed by atoms with Crippen LogP contribution in [0.4, 0.5) is 4.79 Å². The van der Waals surface area contributed by atoms with Gasteiger partial charge in [0.2, 0.25) is 0 Å². The number of aliphatic carboxylic acids is 1. The van der Waals surface area contributed by atoms with E-state index in [2.05, 4.69) is 5.32 Å². The topological polar surface area (TPSA) is 103 Å². The molecule has 1 atom stereocenters. The third kappa shape index (κ3) is 4.78. The highest BCUT2D eigenvalue weighted by atomic mass is 16.6. The average molecular weight is 375 g/mol. The predicted molar refractivity (Wildman–Crippen MR) is 100 cm³/mol. The predicted octanol–water partition coefficient (Wildman–Crippen LogP) is 2.00. The molecule has 0 aliphatic heterocycles. The number of nitrogens with one attached hydrogen (secondary N) is 1. The summed E-state index contributed by atoms with van der Waals surface area (Å²) >= 11 is 0. The van der Waals surface area contributed by atoms with Crippen LogP contribution in [0.3, 0.4) is 0 Å². The van der Waals surface area contributed by atoms with Crippen molar-refractivity contribution in [2.45, 2.75) is 45.8 Å². The van der Waals surface area contributed by atoms with Gasteiger partial charge in [-0.1, -0.05) is 18.2 Å². The van der Waals surface area contributed by atoms with E-state index in [1.807, 2.05) is 18.2 Å². The molecule has 2 rings (SSSR count). The Hall–Kier alpha value is -3.03. The number of ether oxygens (including phenoxy) is 1. The molecule has 0 radical (unpaired) electrons. The van der Waals surface area contributed by atoms with E-state index in [9.17, 15) is 19.5 Å². The van der Waals surface area contributed by atoms with Crippen LogP contribution in [-0.2, 0) is 23.0 Å². The number of alkyl carbamates (subject to hydrolysis) is 1. The second-order valence-corrected chi connectivity index (χ2v) is 7.28. The number of carboxylic acids is 1. The van der Waals surface area contributed by atoms with Gasteiger partial charge < -0.3 is 15.2 Å². The standard InChI is InChI=1S/C19H25N3O5/c1-12-14(11-15(17(24)25)20-18(26)27-19(2,3)4)16(23)22(21(12)5)13-9-7-6-8-10-13/h6-10,15H,11H2,1-5H3,(H,20,26)(H,24,25). The summed E-state index contributed by atoms with van der Waals surface area (Å²) in [5.74, 6) is -1.24. The number of carboxylic acid groups (broad SMARTS) is 1. The maximum absolute atomic E-state index is 12.9. The lowest BCUT2D eigenvalue weighted by molar-refractivity contribution is -0.139. The van der Waals surface area contributed by atoms with Gasteiger partial charge in [0.05, 0.1) is 5.69 Å². The zero-order valence-corrected chi connectivity index (χ0v) is 16.1. The molecule has 0 fully saturated rings. The fourth-order valence-corrected chi connectivity index (χ4v) is 2.71. The first kappa shape index (κ1) is 20.3. The number of hydrogen-bond acceptors (Lipinski definition) is 4. The van der Waals surface area contributed by atoms with Crippen molar-refractivity contribution < 1.29 is 19.4 Å². The number of aromatic nitrogens is 2. The van der Waals surface area contributed by atoms with Gasteiger partial charge >= 0.3 is 12.1 Å². The summed E-state index contributed by atoms with van der Waals surface area (Å²) < 4.78 is 8.25. The Balaban J connectivity index is 2.33. The van der Waals surface area contributed by atoms with Gasteiger partial charge in [-0.2, -0.15) is 0 Å². The number of amides is 1. The van der Waals surface area contributed by atoms with Crippen molar-refractivity contribution in [3.05, 3.63) is 51.9 Å². The van der Waals surface area contributed by atoms with Crippen LogP contribution in [-0.4, -0.2) is 38.2 Å². The second kappa shape index (κ2) is 7.69. The van der Waals surface area contributed by atoms with E-state index in [0.717, 1.165) is 0 Å². The van der Waals surface area contributed by atoms with E-state index in [0.29, 0.717) is 16.9 Å². The minimum Gasteiger partial charge on any atom is -0.480 e. The number of nitrogens with zero attached hydrogens (tertiary/aromatic N) is 2. The van der Waals surface area contributed by atoms with E-state index >= 15 is 0 Å². The number of para-hydroxylation sites is 1. The van der Waals surface area contributed by atoms with Crippen LogP contribution >= 0.6 is 0 Å². The minimum absolute atomic E-state index is 0.146. The highest BCUT2D eigenvalue weighted by Crippen LogP contribution is 2.13. The van der Waals surface area contributed by atoms with Gasteiger partial charge in [0, 0.05) is 24.7 Å². The molecule has 2 aromatic rings. The molecule has 8 heteroatoms. The van der Waals surface area contributed by atoms with E-state index in [4.69, 9.17) is 4.74 Å². The first-order chi connectivity index (χ1) is 12.5. The van der Waals surface area contributed by atoms with Gasteiger partial charge in [-0.15, -0.1) is 0 Å². The zero-order chi connectivity index (χ0) is 20.4. The van der Waals surface area contributed by atoms with E-state index in [1.54, 1.807) is 51.6 Å². The van der Waals surface area contributed by atoms with Gasteiger partial charge in [-0.05, 0) is 39.8 Å². The van der Waals surface area contributed by atoms with Gasteiger partial charge in [0.1, 0.15) is 11.6 Å². The number of benzene rings is 1. The lowest BCUT2D eigenvalue weighted by atomic mass is 10.1. The molecular weight excluding hydrogens is 350 g/mol. The Morgan fingerprint density at radius 3 is 2.33 bits per heavy atom. The summed E-state index contributed by atoms with van der Waals surface area (Å²) in [6, 6.07) is 7.77. The molecule has 146 valence electrons. The SMILES string of the molecule is Cc1c(CC(NC(=O)OC(C)(C)C)C(=O)O)c(=O)n(-c2ccccc2)n1C. The van der Waals surface area contributed by atoms with Crippen molar-refractivity contribution in [1.29, 1.82) is 0 Å². The molecule has 1 unspecified atom stereocenters. The largest absolute Gasteiger partial charge is 0.480 e. The van der Waals surface area contributed by atoms with Crippen molar-refractivity contribution in [3.63, 3.8) is 0 Å². The molecule has 1 aromatic heterocycles. The normalized spacial score (nSPS) is 12.5. The summed E-state index contributed by atoms with van der Waals surface area (Å²) in [6.07, 6.45) is -0.987. The highest BCUT2D eigenvalue weighted by molar-refractivity contribution is 5.80. The maximum Gasteiger partial charge on any atom is 0.408 e. The Labute approximate surface area is 157 Å². The summed E-state index contributed by atoms with van der Waals surface area (Å²) in [4.78, 5) is 36.4. The summed E-state index contributed by atoms with van der Waals surface area (Å²) in [7, 11) is 1.73. The Kier molecular flexibility index (Phi) is 5.78. The molecule has 1 amide bonds. The molecule has 2 N–H and O–H groups in total. The molecule has 0 saturated heterocycles. The lowest BCUT2D eigenvalue weighted by Gasteiger charge is -2.21. The summed E-state index contributed by atoms with van der Waals surface area (Å²) in [6.45, 7) is 6.79. The van der Waals surface area contributed by atoms with Gasteiger partial charge in [0.25, 0.3) is 5.56 Å². The minimum atomic E-state index is -1.28. The van der Waals surface area contributed by atoms with Crippen LogP contribution in [0.2, 0.25) is 0 Å². The Morgan fingerprint density at radius 1 is 1.22 bits per heavy atom. The fraction of sp³-hybridized carbons (Fsp3) is 0.421. The van der Waals surface area contributed by atoms with Crippen molar-refractivity contribution in [2.75, 3.05) is 0 Å². The quantitative estimate of drug-likeness (QED) is 0.832. The Morgan fingerprint density at radius 2 is 1.81 bits per heavy atom. The molecule has 1 aromatic carbocycles. The van der Waals surface area contributed by atoms with Crippen molar-refractivity contribution in [1.82, 2.24) is 14.7 Å². The Bertz CT molecular complexity index is 891. The zero-order valence-electron chi connectivity index (χ0n) is 16.1. The molecule has 0 aliphatic rings. The summed E-state index contributed by atoms with van der Waals surface area (Å²) in [5, 5.41) is 11.8. The molecule has 8 nitrogen and oxygen atoms in total. The first-order valence-corrected chi connectivity index (χ1v) is 8.56. The number of rotatable bonds is 5. The van der Waals surface area contributed by atoms with Crippen molar-refractivity contribution >= 4 is 12.1 Å². The molecule has 1 heterocycles. The van der Waals surface area contributed by atoms with Crippen LogP contribution in [0.5, 0.6) is 0 Å². The fourth-order valence-electron chi connectivity index (χ4n) is 2.71. The van der Waals surface area contributed by atoms with Crippen LogP contribution in [0.25, 0.3) is 5.69 Å². The molecule has 0 spiro atoms. The number of carbonyl (C=O) groups is 2. The van der Waals surface area contributed by atoms with E-state index in [-0.39, 0.29) is 12.0 Å².